The summed E-state index contributed by atoms with van der Waals surface area (Å²) in [6, 6.07) is 10.0. The molecule has 0 spiro atoms. The predicted octanol–water partition coefficient (Wildman–Crippen LogP) is 2.92. The van der Waals surface area contributed by atoms with Crippen LogP contribution in [0.5, 0.6) is 0 Å². The van der Waals surface area contributed by atoms with E-state index >= 15 is 0 Å². The number of aliphatic hydroxyl groups excluding tert-OH is 1. The fraction of sp³-hybridized carbons (Fsp3) is 0.357. The van der Waals surface area contributed by atoms with E-state index in [1.165, 1.54) is 0 Å². The molecule has 1 N–H and O–H groups in total. The van der Waals surface area contributed by atoms with Crippen LogP contribution in [-0.2, 0) is 0 Å². The number of aliphatic hydroxyl groups is 1. The lowest BCUT2D eigenvalue weighted by Crippen LogP contribution is -2.00. The summed E-state index contributed by atoms with van der Waals surface area (Å²) < 4.78 is 0. The van der Waals surface area contributed by atoms with Crippen LogP contribution in [0.15, 0.2) is 36.5 Å². The van der Waals surface area contributed by atoms with Crippen molar-refractivity contribution in [2.45, 2.75) is 19.4 Å². The van der Waals surface area contributed by atoms with Crippen molar-refractivity contribution in [1.82, 2.24) is 4.98 Å². The molecule has 1 saturated carbocycles. The molecule has 0 saturated heterocycles. The minimum Gasteiger partial charge on any atom is -0.388 e. The Kier molecular flexibility index (Phi) is 2.18. The van der Waals surface area contributed by atoms with E-state index in [2.05, 4.69) is 11.9 Å². The SMILES string of the molecule is CC1CC1C(O)c1ccc2cccnc2c1. The molecular weight excluding hydrogens is 198 g/mol. The number of rotatable bonds is 2. The maximum absolute atomic E-state index is 10.2. The zero-order chi connectivity index (χ0) is 11.1. The van der Waals surface area contributed by atoms with Gasteiger partial charge < -0.3 is 5.11 Å². The number of hydrogen-bond acceptors (Lipinski definition) is 2. The minimum absolute atomic E-state index is 0.318. The molecule has 0 amide bonds. The fourth-order valence-electron chi connectivity index (χ4n) is 2.31. The molecule has 1 heterocycles. The Morgan fingerprint density at radius 2 is 2.19 bits per heavy atom. The van der Waals surface area contributed by atoms with E-state index in [-0.39, 0.29) is 6.10 Å². The third-order valence-electron chi connectivity index (χ3n) is 3.55. The Morgan fingerprint density at radius 3 is 2.94 bits per heavy atom. The van der Waals surface area contributed by atoms with Gasteiger partial charge in [-0.3, -0.25) is 4.98 Å². The van der Waals surface area contributed by atoms with Gasteiger partial charge in [-0.25, -0.2) is 0 Å². The molecule has 1 fully saturated rings. The van der Waals surface area contributed by atoms with Crippen molar-refractivity contribution in [2.75, 3.05) is 0 Å². The van der Waals surface area contributed by atoms with Crippen LogP contribution in [0.3, 0.4) is 0 Å². The monoisotopic (exact) mass is 213 g/mol. The summed E-state index contributed by atoms with van der Waals surface area (Å²) in [5, 5.41) is 11.3. The molecule has 1 aliphatic rings. The highest BCUT2D eigenvalue weighted by molar-refractivity contribution is 5.78. The van der Waals surface area contributed by atoms with E-state index in [0.717, 1.165) is 22.9 Å². The average Bonchev–Trinajstić information content (AvgIpc) is 3.05. The molecule has 1 aliphatic carbocycles. The minimum atomic E-state index is -0.318. The second-order valence-electron chi connectivity index (χ2n) is 4.78. The maximum Gasteiger partial charge on any atom is 0.0821 e. The quantitative estimate of drug-likeness (QED) is 0.832. The maximum atomic E-state index is 10.2. The Morgan fingerprint density at radius 1 is 1.38 bits per heavy atom. The van der Waals surface area contributed by atoms with Gasteiger partial charge >= 0.3 is 0 Å². The van der Waals surface area contributed by atoms with Crippen molar-refractivity contribution < 1.29 is 5.11 Å². The van der Waals surface area contributed by atoms with Gasteiger partial charge in [0.1, 0.15) is 0 Å². The molecule has 2 heteroatoms. The van der Waals surface area contributed by atoms with Crippen molar-refractivity contribution in [3.8, 4) is 0 Å². The van der Waals surface area contributed by atoms with Gasteiger partial charge in [0.2, 0.25) is 0 Å². The molecule has 1 aromatic carbocycles. The normalized spacial score (nSPS) is 25.6. The number of hydrogen-bond donors (Lipinski definition) is 1. The lowest BCUT2D eigenvalue weighted by molar-refractivity contribution is 0.148. The molecule has 0 bridgehead atoms. The van der Waals surface area contributed by atoms with Crippen LogP contribution in [0, 0.1) is 11.8 Å². The molecule has 0 aliphatic heterocycles. The average molecular weight is 213 g/mol. The highest BCUT2D eigenvalue weighted by Crippen LogP contribution is 2.47. The molecule has 3 atom stereocenters. The summed E-state index contributed by atoms with van der Waals surface area (Å²) in [7, 11) is 0. The second kappa shape index (κ2) is 3.56. The van der Waals surface area contributed by atoms with E-state index in [0.29, 0.717) is 11.8 Å². The van der Waals surface area contributed by atoms with E-state index < -0.39 is 0 Å². The number of pyridine rings is 1. The first-order valence-electron chi connectivity index (χ1n) is 5.78. The number of fused-ring (bicyclic) bond motifs is 1. The molecule has 2 aromatic rings. The molecular formula is C14H15NO. The third-order valence-corrected chi connectivity index (χ3v) is 3.55. The van der Waals surface area contributed by atoms with Gasteiger partial charge in [0.05, 0.1) is 11.6 Å². The van der Waals surface area contributed by atoms with E-state index in [4.69, 9.17) is 0 Å². The first kappa shape index (κ1) is 9.79. The van der Waals surface area contributed by atoms with Crippen molar-refractivity contribution in [3.05, 3.63) is 42.1 Å². The first-order chi connectivity index (χ1) is 7.75. The van der Waals surface area contributed by atoms with Crippen LogP contribution in [-0.4, -0.2) is 10.1 Å². The lowest BCUT2D eigenvalue weighted by atomic mass is 10.0. The van der Waals surface area contributed by atoms with E-state index in [9.17, 15) is 5.11 Å². The van der Waals surface area contributed by atoms with Gasteiger partial charge in [-0.2, -0.15) is 0 Å². The summed E-state index contributed by atoms with van der Waals surface area (Å²) >= 11 is 0. The summed E-state index contributed by atoms with van der Waals surface area (Å²) in [6.07, 6.45) is 2.61. The Labute approximate surface area is 94.9 Å². The summed E-state index contributed by atoms with van der Waals surface area (Å²) in [5.74, 6) is 1.11. The molecule has 82 valence electrons. The highest BCUT2D eigenvalue weighted by Gasteiger charge is 2.39. The largest absolute Gasteiger partial charge is 0.388 e. The van der Waals surface area contributed by atoms with Crippen LogP contribution in [0.1, 0.15) is 25.0 Å². The summed E-state index contributed by atoms with van der Waals surface area (Å²) in [5.41, 5.74) is 1.97. The number of benzene rings is 1. The van der Waals surface area contributed by atoms with Crippen LogP contribution in [0.2, 0.25) is 0 Å². The van der Waals surface area contributed by atoms with Gasteiger partial charge in [-0.15, -0.1) is 0 Å². The Hall–Kier alpha value is -1.41. The molecule has 2 nitrogen and oxygen atoms in total. The summed E-state index contributed by atoms with van der Waals surface area (Å²) in [6.45, 7) is 2.19. The van der Waals surface area contributed by atoms with Crippen LogP contribution in [0.4, 0.5) is 0 Å². The van der Waals surface area contributed by atoms with E-state index in [1.54, 1.807) is 6.20 Å². The predicted molar refractivity (Wildman–Crippen MR) is 64.0 cm³/mol. The van der Waals surface area contributed by atoms with Crippen molar-refractivity contribution in [3.63, 3.8) is 0 Å². The summed E-state index contributed by atoms with van der Waals surface area (Å²) in [4.78, 5) is 4.31. The zero-order valence-electron chi connectivity index (χ0n) is 9.30. The van der Waals surface area contributed by atoms with Gasteiger partial charge in [0, 0.05) is 11.6 Å². The van der Waals surface area contributed by atoms with Gasteiger partial charge in [-0.05, 0) is 36.0 Å². The molecule has 3 rings (SSSR count). The Balaban J connectivity index is 1.98. The van der Waals surface area contributed by atoms with Crippen molar-refractivity contribution >= 4 is 10.9 Å². The van der Waals surface area contributed by atoms with Crippen molar-refractivity contribution in [1.29, 1.82) is 0 Å². The van der Waals surface area contributed by atoms with Gasteiger partial charge in [0.25, 0.3) is 0 Å². The topological polar surface area (TPSA) is 33.1 Å². The molecule has 1 aromatic heterocycles. The number of nitrogens with zero attached hydrogens (tertiary/aromatic N) is 1. The molecule has 3 unspecified atom stereocenters. The first-order valence-corrected chi connectivity index (χ1v) is 5.78. The van der Waals surface area contributed by atoms with Gasteiger partial charge in [0.15, 0.2) is 0 Å². The molecule has 0 radical (unpaired) electrons. The fourth-order valence-corrected chi connectivity index (χ4v) is 2.31. The standard InChI is InChI=1S/C14H15NO/c1-9-7-12(9)14(16)11-5-4-10-3-2-6-15-13(10)8-11/h2-6,8-9,12,14,16H,7H2,1H3. The molecule has 16 heavy (non-hydrogen) atoms. The Bertz CT molecular complexity index is 523. The third kappa shape index (κ3) is 1.59. The smallest absolute Gasteiger partial charge is 0.0821 e. The lowest BCUT2D eigenvalue weighted by Gasteiger charge is -2.10. The second-order valence-corrected chi connectivity index (χ2v) is 4.78. The van der Waals surface area contributed by atoms with Crippen LogP contribution in [0.25, 0.3) is 10.9 Å². The van der Waals surface area contributed by atoms with Crippen LogP contribution >= 0.6 is 0 Å². The van der Waals surface area contributed by atoms with Crippen LogP contribution < -0.4 is 0 Å². The van der Waals surface area contributed by atoms with Crippen molar-refractivity contribution in [2.24, 2.45) is 11.8 Å². The number of aromatic nitrogens is 1. The van der Waals surface area contributed by atoms with E-state index in [1.807, 2.05) is 30.3 Å². The zero-order valence-corrected chi connectivity index (χ0v) is 9.30. The van der Waals surface area contributed by atoms with Gasteiger partial charge in [-0.1, -0.05) is 25.1 Å². The highest BCUT2D eigenvalue weighted by atomic mass is 16.3.